The lowest BCUT2D eigenvalue weighted by Gasteiger charge is -2.14. The molecule has 1 aromatic carbocycles. The number of nitrogens with one attached hydrogen (secondary N) is 1. The van der Waals surface area contributed by atoms with Crippen LogP contribution in [-0.2, 0) is 35.6 Å². The van der Waals surface area contributed by atoms with Gasteiger partial charge in [0, 0.05) is 36.3 Å². The molecule has 0 radical (unpaired) electrons. The molecule has 0 fully saturated rings. The number of hydrogen-bond acceptors (Lipinski definition) is 6. The van der Waals surface area contributed by atoms with Crippen molar-refractivity contribution in [2.45, 2.75) is 43.5 Å². The molecule has 0 amide bonds. The van der Waals surface area contributed by atoms with E-state index in [1.165, 1.54) is 6.26 Å². The molecule has 2 aromatic heterocycles. The van der Waals surface area contributed by atoms with E-state index in [1.54, 1.807) is 23.0 Å². The quantitative estimate of drug-likeness (QED) is 0.440. The first-order valence-electron chi connectivity index (χ1n) is 11.1. The van der Waals surface area contributed by atoms with E-state index in [4.69, 9.17) is 0 Å². The van der Waals surface area contributed by atoms with Gasteiger partial charge >= 0.3 is 5.97 Å². The number of carboxylic acid groups (broad SMARTS) is 1. The van der Waals surface area contributed by atoms with Crippen LogP contribution in [0, 0.1) is 0 Å². The second-order valence-corrected chi connectivity index (χ2v) is 10.4. The van der Waals surface area contributed by atoms with E-state index in [9.17, 15) is 18.3 Å². The van der Waals surface area contributed by atoms with Gasteiger partial charge in [0.15, 0.2) is 9.84 Å². The van der Waals surface area contributed by atoms with Gasteiger partial charge in [0.1, 0.15) is 5.69 Å². The molecule has 33 heavy (non-hydrogen) atoms. The van der Waals surface area contributed by atoms with E-state index >= 15 is 0 Å². The van der Waals surface area contributed by atoms with Crippen LogP contribution in [0.2, 0.25) is 0 Å². The fourth-order valence-electron chi connectivity index (χ4n) is 4.27. The Hall–Kier alpha value is -3.04. The summed E-state index contributed by atoms with van der Waals surface area (Å²) in [5.41, 5.74) is 5.08. The Kier molecular flexibility index (Phi) is 6.90. The Morgan fingerprint density at radius 1 is 1.12 bits per heavy atom. The first kappa shape index (κ1) is 23.1. The number of carbonyl (C=O) groups is 1. The van der Waals surface area contributed by atoms with E-state index in [2.05, 4.69) is 15.4 Å². The van der Waals surface area contributed by atoms with Gasteiger partial charge in [-0.2, -0.15) is 5.10 Å². The highest BCUT2D eigenvalue weighted by atomic mass is 32.2. The molecule has 2 heterocycles. The minimum Gasteiger partial charge on any atom is -0.477 e. The number of aromatic carboxylic acids is 1. The first-order valence-corrected chi connectivity index (χ1v) is 13.0. The molecule has 9 heteroatoms. The second-order valence-electron chi connectivity index (χ2n) is 8.36. The number of nitrogens with zero attached hydrogens (tertiary/aromatic N) is 3. The van der Waals surface area contributed by atoms with Gasteiger partial charge in [-0.1, -0.05) is 12.1 Å². The molecule has 1 aliphatic carbocycles. The smallest absolute Gasteiger partial charge is 0.354 e. The number of aryl methyl sites for hydroxylation is 3. The number of carboxylic acids is 1. The lowest BCUT2D eigenvalue weighted by molar-refractivity contribution is 0.0681. The molecule has 8 nitrogen and oxygen atoms in total. The molecule has 0 unspecified atom stereocenters. The fraction of sp³-hybridized carbons (Fsp3) is 0.375. The van der Waals surface area contributed by atoms with Gasteiger partial charge in [-0.25, -0.2) is 13.2 Å². The zero-order chi connectivity index (χ0) is 23.4. The van der Waals surface area contributed by atoms with Crippen molar-refractivity contribution in [1.82, 2.24) is 20.1 Å². The summed E-state index contributed by atoms with van der Waals surface area (Å²) >= 11 is 0. The highest BCUT2D eigenvalue weighted by Gasteiger charge is 2.27. The summed E-state index contributed by atoms with van der Waals surface area (Å²) in [6.07, 6.45) is 8.77. The van der Waals surface area contributed by atoms with Gasteiger partial charge in [0.25, 0.3) is 0 Å². The zero-order valence-electron chi connectivity index (χ0n) is 18.6. The lowest BCUT2D eigenvalue weighted by Crippen LogP contribution is -2.20. The van der Waals surface area contributed by atoms with Crippen LogP contribution in [0.1, 0.15) is 40.0 Å². The van der Waals surface area contributed by atoms with Crippen molar-refractivity contribution in [2.75, 3.05) is 19.3 Å². The number of sulfone groups is 1. The largest absolute Gasteiger partial charge is 0.477 e. The van der Waals surface area contributed by atoms with Crippen LogP contribution in [0.25, 0.3) is 11.3 Å². The summed E-state index contributed by atoms with van der Waals surface area (Å²) in [6, 6.07) is 8.93. The zero-order valence-corrected chi connectivity index (χ0v) is 19.4. The van der Waals surface area contributed by atoms with Gasteiger partial charge in [-0.15, -0.1) is 0 Å². The summed E-state index contributed by atoms with van der Waals surface area (Å²) in [6.45, 7) is 2.13. The predicted molar refractivity (Wildman–Crippen MR) is 125 cm³/mol. The maximum Gasteiger partial charge on any atom is 0.354 e. The molecule has 2 N–H and O–H groups in total. The highest BCUT2D eigenvalue weighted by molar-refractivity contribution is 7.90. The predicted octanol–water partition coefficient (Wildman–Crippen LogP) is 2.76. The Bertz CT molecular complexity index is 1250. The Labute approximate surface area is 193 Å². The topological polar surface area (TPSA) is 114 Å². The van der Waals surface area contributed by atoms with Gasteiger partial charge in [-0.05, 0) is 74.5 Å². The van der Waals surface area contributed by atoms with Crippen molar-refractivity contribution in [3.05, 3.63) is 65.1 Å². The summed E-state index contributed by atoms with van der Waals surface area (Å²) in [5.74, 6) is -0.934. The van der Waals surface area contributed by atoms with E-state index < -0.39 is 15.8 Å². The maximum absolute atomic E-state index is 11.9. The van der Waals surface area contributed by atoms with Crippen molar-refractivity contribution in [2.24, 2.45) is 0 Å². The van der Waals surface area contributed by atoms with Crippen molar-refractivity contribution >= 4 is 15.8 Å². The van der Waals surface area contributed by atoms with Gasteiger partial charge < -0.3 is 10.4 Å². The number of fused-ring (bicyclic) bond motifs is 3. The number of pyridine rings is 1. The average Bonchev–Trinajstić information content (AvgIpc) is 3.17. The maximum atomic E-state index is 11.9. The van der Waals surface area contributed by atoms with Crippen LogP contribution in [0.5, 0.6) is 0 Å². The SMILES string of the molecule is CS(=O)(=O)c1ccc(CCCNCCCn2nc3c(c2C(=O)O)CCc2cnccc2-3)cc1. The van der Waals surface area contributed by atoms with Crippen LogP contribution in [0.4, 0.5) is 0 Å². The molecule has 0 saturated heterocycles. The number of hydrogen-bond donors (Lipinski definition) is 2. The van der Waals surface area contributed by atoms with E-state index in [0.29, 0.717) is 23.6 Å². The second kappa shape index (κ2) is 9.84. The molecule has 0 saturated carbocycles. The molecule has 3 aromatic rings. The molecular weight excluding hydrogens is 440 g/mol. The standard InChI is InChI=1S/C24H28N4O4S/c1-33(31,32)19-8-5-17(6-9-19)4-2-12-25-13-3-15-28-23(24(29)30)21-10-7-18-16-26-14-11-20(18)22(21)27-28/h5-6,8-9,11,14,16,25H,2-4,7,10,12-13,15H2,1H3,(H,29,30). The van der Waals surface area contributed by atoms with Crippen LogP contribution in [0.15, 0.2) is 47.6 Å². The number of benzene rings is 1. The number of aromatic nitrogens is 3. The molecule has 0 bridgehead atoms. The Balaban J connectivity index is 1.27. The van der Waals surface area contributed by atoms with E-state index in [1.807, 2.05) is 24.4 Å². The Morgan fingerprint density at radius 3 is 2.61 bits per heavy atom. The molecule has 4 rings (SSSR count). The molecular formula is C24H28N4O4S. The minimum absolute atomic E-state index is 0.296. The van der Waals surface area contributed by atoms with Crippen LogP contribution < -0.4 is 5.32 Å². The summed E-state index contributed by atoms with van der Waals surface area (Å²) < 4.78 is 24.7. The first-order chi connectivity index (χ1) is 15.8. The summed E-state index contributed by atoms with van der Waals surface area (Å²) in [4.78, 5) is 16.4. The highest BCUT2D eigenvalue weighted by Crippen LogP contribution is 2.34. The van der Waals surface area contributed by atoms with Crippen LogP contribution in [0.3, 0.4) is 0 Å². The van der Waals surface area contributed by atoms with E-state index in [-0.39, 0.29) is 0 Å². The molecule has 0 atom stereocenters. The van der Waals surface area contributed by atoms with E-state index in [0.717, 1.165) is 66.7 Å². The summed E-state index contributed by atoms with van der Waals surface area (Å²) in [5, 5.41) is 17.8. The van der Waals surface area contributed by atoms with Gasteiger partial charge in [0.05, 0.1) is 10.6 Å². The normalized spacial score (nSPS) is 12.9. The summed E-state index contributed by atoms with van der Waals surface area (Å²) in [7, 11) is -3.16. The lowest BCUT2D eigenvalue weighted by atomic mass is 9.90. The van der Waals surface area contributed by atoms with Crippen molar-refractivity contribution < 1.29 is 18.3 Å². The number of rotatable bonds is 10. The third-order valence-electron chi connectivity index (χ3n) is 5.95. The minimum atomic E-state index is -3.16. The molecule has 0 aliphatic heterocycles. The molecule has 174 valence electrons. The molecule has 0 spiro atoms. The van der Waals surface area contributed by atoms with Gasteiger partial charge in [0.2, 0.25) is 0 Å². The van der Waals surface area contributed by atoms with Gasteiger partial charge in [-0.3, -0.25) is 9.67 Å². The van der Waals surface area contributed by atoms with Crippen LogP contribution in [-0.4, -0.2) is 53.6 Å². The fourth-order valence-corrected chi connectivity index (χ4v) is 4.90. The third kappa shape index (κ3) is 5.31. The van der Waals surface area contributed by atoms with Crippen molar-refractivity contribution in [3.63, 3.8) is 0 Å². The molecule has 1 aliphatic rings. The van der Waals surface area contributed by atoms with Crippen molar-refractivity contribution in [3.8, 4) is 11.3 Å². The third-order valence-corrected chi connectivity index (χ3v) is 7.08. The average molecular weight is 469 g/mol. The Morgan fingerprint density at radius 2 is 1.88 bits per heavy atom. The van der Waals surface area contributed by atoms with Crippen LogP contribution >= 0.6 is 0 Å². The monoisotopic (exact) mass is 468 g/mol. The van der Waals surface area contributed by atoms with Crippen molar-refractivity contribution in [1.29, 1.82) is 0 Å².